The van der Waals surface area contributed by atoms with Gasteiger partial charge in [-0.15, -0.1) is 0 Å². The van der Waals surface area contributed by atoms with Gasteiger partial charge < -0.3 is 4.74 Å². The van der Waals surface area contributed by atoms with Crippen molar-refractivity contribution in [2.24, 2.45) is 0 Å². The number of hydrogen-bond donors (Lipinski definition) is 0. The minimum Gasteiger partial charge on any atom is -0.484 e. The summed E-state index contributed by atoms with van der Waals surface area (Å²) < 4.78 is 6.14. The molecule has 0 N–H and O–H groups in total. The van der Waals surface area contributed by atoms with Crippen LogP contribution in [-0.2, 0) is 0 Å². The van der Waals surface area contributed by atoms with E-state index < -0.39 is 0 Å². The van der Waals surface area contributed by atoms with Crippen molar-refractivity contribution in [3.8, 4) is 11.8 Å². The third-order valence-corrected chi connectivity index (χ3v) is 2.82. The lowest BCUT2D eigenvalue weighted by molar-refractivity contribution is 0.0921. The maximum atomic E-state index is 11.9. The first-order chi connectivity index (χ1) is 9.19. The molecule has 0 aliphatic rings. The van der Waals surface area contributed by atoms with Gasteiger partial charge in [-0.05, 0) is 46.3 Å². The van der Waals surface area contributed by atoms with Gasteiger partial charge in [0.2, 0.25) is 0 Å². The number of carbonyl (C=O) groups excluding carboxylic acids is 1. The van der Waals surface area contributed by atoms with Crippen LogP contribution in [0.15, 0.2) is 47.2 Å². The van der Waals surface area contributed by atoms with Gasteiger partial charge in [-0.1, -0.05) is 0 Å². The number of pyridine rings is 1. The van der Waals surface area contributed by atoms with E-state index >= 15 is 0 Å². The number of halogens is 1. The van der Waals surface area contributed by atoms with Gasteiger partial charge in [-0.2, -0.15) is 5.26 Å². The third-order valence-electron chi connectivity index (χ3n) is 2.39. The first kappa shape index (κ1) is 13.2. The Morgan fingerprint density at radius 3 is 2.68 bits per heavy atom. The fourth-order valence-electron chi connectivity index (χ4n) is 1.43. The molecule has 0 fully saturated rings. The Balaban J connectivity index is 1.99. The number of rotatable bonds is 4. The van der Waals surface area contributed by atoms with E-state index in [1.165, 1.54) is 6.20 Å². The van der Waals surface area contributed by atoms with Crippen molar-refractivity contribution < 1.29 is 9.53 Å². The fraction of sp³-hybridized carbons (Fsp3) is 0.0714. The molecule has 2 rings (SSSR count). The highest BCUT2D eigenvalue weighted by atomic mass is 79.9. The summed E-state index contributed by atoms with van der Waals surface area (Å²) in [6.45, 7) is -0.0654. The number of benzene rings is 1. The van der Waals surface area contributed by atoms with Crippen LogP contribution in [0.1, 0.15) is 15.9 Å². The zero-order valence-corrected chi connectivity index (χ0v) is 11.4. The zero-order chi connectivity index (χ0) is 13.7. The smallest absolute Gasteiger partial charge is 0.200 e. The number of aromatic nitrogens is 1. The summed E-state index contributed by atoms with van der Waals surface area (Å²) in [5.41, 5.74) is 1.04. The van der Waals surface area contributed by atoms with Gasteiger partial charge in [-0.25, -0.2) is 0 Å². The van der Waals surface area contributed by atoms with Crippen molar-refractivity contribution in [3.63, 3.8) is 0 Å². The fourth-order valence-corrected chi connectivity index (χ4v) is 1.78. The molecule has 0 atom stereocenters. The topological polar surface area (TPSA) is 63.0 Å². The lowest BCUT2D eigenvalue weighted by Gasteiger charge is -2.05. The Morgan fingerprint density at radius 1 is 1.32 bits per heavy atom. The molecular weight excluding hydrogens is 308 g/mol. The second-order valence-electron chi connectivity index (χ2n) is 3.74. The Morgan fingerprint density at radius 2 is 2.05 bits per heavy atom. The van der Waals surface area contributed by atoms with Crippen LogP contribution in [0.5, 0.6) is 5.75 Å². The Bertz CT molecular complexity index is 633. The Hall–Kier alpha value is -2.19. The minimum absolute atomic E-state index is 0.0654. The molecule has 4 nitrogen and oxygen atoms in total. The molecule has 0 unspecified atom stereocenters. The van der Waals surface area contributed by atoms with Gasteiger partial charge in [0.25, 0.3) is 0 Å². The highest BCUT2D eigenvalue weighted by Gasteiger charge is 2.07. The molecule has 0 saturated carbocycles. The lowest BCUT2D eigenvalue weighted by atomic mass is 10.1. The predicted molar refractivity (Wildman–Crippen MR) is 72.9 cm³/mol. The summed E-state index contributed by atoms with van der Waals surface area (Å²) in [5, 5.41) is 8.67. The van der Waals surface area contributed by atoms with E-state index in [1.54, 1.807) is 36.5 Å². The van der Waals surface area contributed by atoms with Crippen LogP contribution in [0.4, 0.5) is 0 Å². The van der Waals surface area contributed by atoms with Gasteiger partial charge in [0, 0.05) is 16.2 Å². The van der Waals surface area contributed by atoms with Crippen LogP contribution in [0, 0.1) is 11.3 Å². The average molecular weight is 317 g/mol. The molecule has 0 saturated heterocycles. The van der Waals surface area contributed by atoms with Gasteiger partial charge >= 0.3 is 0 Å². The number of nitriles is 1. The van der Waals surface area contributed by atoms with Gasteiger partial charge in [0.05, 0.1) is 17.8 Å². The molecule has 0 radical (unpaired) electrons. The number of carbonyl (C=O) groups is 1. The lowest BCUT2D eigenvalue weighted by Crippen LogP contribution is -2.11. The van der Waals surface area contributed by atoms with E-state index in [1.807, 2.05) is 6.07 Å². The van der Waals surface area contributed by atoms with Crippen molar-refractivity contribution in [1.29, 1.82) is 5.26 Å². The van der Waals surface area contributed by atoms with Crippen molar-refractivity contribution in [1.82, 2.24) is 4.98 Å². The van der Waals surface area contributed by atoms with Crippen LogP contribution in [0.2, 0.25) is 0 Å². The Kier molecular flexibility index (Phi) is 4.26. The quantitative estimate of drug-likeness (QED) is 0.813. The highest BCUT2D eigenvalue weighted by Crippen LogP contribution is 2.16. The molecule has 1 aromatic carbocycles. The molecule has 94 valence electrons. The number of nitrogens with zero attached hydrogens (tertiary/aromatic N) is 2. The largest absolute Gasteiger partial charge is 0.484 e. The van der Waals surface area contributed by atoms with E-state index in [4.69, 9.17) is 10.00 Å². The standard InChI is InChI=1S/C14H9BrN2O2/c15-12-5-13(8-17-7-12)19-9-14(18)11-3-1-10(6-16)2-4-11/h1-5,7-8H,9H2. The highest BCUT2D eigenvalue weighted by molar-refractivity contribution is 9.10. The SMILES string of the molecule is N#Cc1ccc(C(=O)COc2cncc(Br)c2)cc1. The van der Waals surface area contributed by atoms with Gasteiger partial charge in [0.1, 0.15) is 5.75 Å². The third kappa shape index (κ3) is 3.63. The van der Waals surface area contributed by atoms with Crippen LogP contribution in [-0.4, -0.2) is 17.4 Å². The number of Topliss-reactive ketones (excluding diaryl/α,β-unsaturated/α-hetero) is 1. The van der Waals surface area contributed by atoms with Crippen molar-refractivity contribution >= 4 is 21.7 Å². The van der Waals surface area contributed by atoms with E-state index in [-0.39, 0.29) is 12.4 Å². The molecule has 2 aromatic rings. The molecular formula is C14H9BrN2O2. The van der Waals surface area contributed by atoms with E-state index in [0.717, 1.165) is 4.47 Å². The van der Waals surface area contributed by atoms with Crippen molar-refractivity contribution in [3.05, 3.63) is 58.3 Å². The molecule has 1 heterocycles. The van der Waals surface area contributed by atoms with E-state index in [0.29, 0.717) is 16.9 Å². The summed E-state index contributed by atoms with van der Waals surface area (Å²) in [4.78, 5) is 15.8. The number of hydrogen-bond acceptors (Lipinski definition) is 4. The molecule has 0 amide bonds. The first-order valence-electron chi connectivity index (χ1n) is 5.46. The second-order valence-corrected chi connectivity index (χ2v) is 4.66. The summed E-state index contributed by atoms with van der Waals surface area (Å²) in [7, 11) is 0. The second kappa shape index (κ2) is 6.12. The molecule has 1 aromatic heterocycles. The van der Waals surface area contributed by atoms with Gasteiger partial charge in [-0.3, -0.25) is 9.78 Å². The minimum atomic E-state index is -0.149. The van der Waals surface area contributed by atoms with Crippen molar-refractivity contribution in [2.45, 2.75) is 0 Å². The predicted octanol–water partition coefficient (Wildman–Crippen LogP) is 2.98. The monoisotopic (exact) mass is 316 g/mol. The van der Waals surface area contributed by atoms with Crippen LogP contribution >= 0.6 is 15.9 Å². The van der Waals surface area contributed by atoms with Crippen molar-refractivity contribution in [2.75, 3.05) is 6.61 Å². The molecule has 0 aliphatic heterocycles. The molecule has 5 heteroatoms. The first-order valence-corrected chi connectivity index (χ1v) is 6.25. The maximum absolute atomic E-state index is 11.9. The summed E-state index contributed by atoms with van der Waals surface area (Å²) in [6.07, 6.45) is 3.17. The van der Waals surface area contributed by atoms with E-state index in [9.17, 15) is 4.79 Å². The van der Waals surface area contributed by atoms with Crippen LogP contribution in [0.3, 0.4) is 0 Å². The summed E-state index contributed by atoms with van der Waals surface area (Å²) >= 11 is 3.27. The molecule has 19 heavy (non-hydrogen) atoms. The van der Waals surface area contributed by atoms with Crippen LogP contribution in [0.25, 0.3) is 0 Å². The van der Waals surface area contributed by atoms with Gasteiger partial charge in [0.15, 0.2) is 12.4 Å². The summed E-state index contributed by atoms with van der Waals surface area (Å²) in [6, 6.07) is 10.2. The summed E-state index contributed by atoms with van der Waals surface area (Å²) in [5.74, 6) is 0.376. The molecule has 0 bridgehead atoms. The average Bonchev–Trinajstić information content (AvgIpc) is 2.45. The zero-order valence-electron chi connectivity index (χ0n) is 9.84. The normalized spacial score (nSPS) is 9.68. The Labute approximate surface area is 118 Å². The molecule has 0 aliphatic carbocycles. The number of ketones is 1. The van der Waals surface area contributed by atoms with E-state index in [2.05, 4.69) is 20.9 Å². The maximum Gasteiger partial charge on any atom is 0.200 e. The molecule has 0 spiro atoms. The number of ether oxygens (including phenoxy) is 1. The van der Waals surface area contributed by atoms with Crippen LogP contribution < -0.4 is 4.74 Å².